The van der Waals surface area contributed by atoms with Gasteiger partial charge in [0.15, 0.2) is 0 Å². The first-order chi connectivity index (χ1) is 16.0. The van der Waals surface area contributed by atoms with Crippen LogP contribution in [-0.4, -0.2) is 40.8 Å². The average Bonchev–Trinajstić information content (AvgIpc) is 2.84. The van der Waals surface area contributed by atoms with Crippen molar-refractivity contribution in [2.24, 2.45) is 0 Å². The zero-order chi connectivity index (χ0) is 23.4. The van der Waals surface area contributed by atoms with Crippen molar-refractivity contribution in [2.75, 3.05) is 19.5 Å². The first kappa shape index (κ1) is 22.0. The Balaban J connectivity index is 1.53. The number of fused-ring (bicyclic) bond motifs is 1. The lowest BCUT2D eigenvalue weighted by Gasteiger charge is -2.19. The molecule has 0 aliphatic carbocycles. The van der Waals surface area contributed by atoms with E-state index in [0.29, 0.717) is 28.4 Å². The van der Waals surface area contributed by atoms with Gasteiger partial charge in [-0.2, -0.15) is 0 Å². The largest absolute Gasteiger partial charge is 0.497 e. The van der Waals surface area contributed by atoms with Crippen molar-refractivity contribution in [2.45, 2.75) is 13.5 Å². The molecule has 0 saturated heterocycles. The van der Waals surface area contributed by atoms with Gasteiger partial charge in [0.1, 0.15) is 11.6 Å². The molecule has 0 aliphatic heterocycles. The molecule has 3 aromatic carbocycles. The van der Waals surface area contributed by atoms with Crippen LogP contribution in [0.3, 0.4) is 0 Å². The monoisotopic (exact) mass is 440 g/mol. The van der Waals surface area contributed by atoms with Crippen LogP contribution >= 0.6 is 0 Å². The van der Waals surface area contributed by atoms with Gasteiger partial charge in [-0.15, -0.1) is 0 Å². The van der Waals surface area contributed by atoms with Crippen LogP contribution in [0.4, 0.5) is 5.69 Å². The number of amides is 2. The highest BCUT2D eigenvalue weighted by molar-refractivity contribution is 6.09. The molecule has 33 heavy (non-hydrogen) atoms. The molecule has 4 aromatic rings. The van der Waals surface area contributed by atoms with E-state index in [1.54, 1.807) is 67.6 Å². The van der Waals surface area contributed by atoms with Crippen molar-refractivity contribution in [3.63, 3.8) is 0 Å². The number of hydrogen-bond acceptors (Lipinski definition) is 5. The van der Waals surface area contributed by atoms with Gasteiger partial charge < -0.3 is 15.0 Å². The molecule has 0 atom stereocenters. The van der Waals surface area contributed by atoms with Gasteiger partial charge in [0.2, 0.25) is 0 Å². The van der Waals surface area contributed by atoms with Gasteiger partial charge in [-0.3, -0.25) is 9.59 Å². The number of hydrogen-bond donors (Lipinski definition) is 1. The molecule has 7 heteroatoms. The highest BCUT2D eigenvalue weighted by Gasteiger charge is 2.19. The summed E-state index contributed by atoms with van der Waals surface area (Å²) >= 11 is 0. The first-order valence-electron chi connectivity index (χ1n) is 10.5. The maximum atomic E-state index is 13.2. The number of anilines is 1. The van der Waals surface area contributed by atoms with E-state index >= 15 is 0 Å². The second-order valence-electron chi connectivity index (χ2n) is 7.63. The minimum atomic E-state index is -0.311. The highest BCUT2D eigenvalue weighted by Crippen LogP contribution is 2.20. The van der Waals surface area contributed by atoms with Gasteiger partial charge in [0.25, 0.3) is 11.8 Å². The normalized spacial score (nSPS) is 10.6. The highest BCUT2D eigenvalue weighted by atomic mass is 16.5. The fourth-order valence-corrected chi connectivity index (χ4v) is 3.57. The first-order valence-corrected chi connectivity index (χ1v) is 10.5. The number of nitrogens with zero attached hydrogens (tertiary/aromatic N) is 3. The molecule has 2 amide bonds. The lowest BCUT2D eigenvalue weighted by molar-refractivity contribution is 0.0782. The van der Waals surface area contributed by atoms with Crippen LogP contribution in [-0.2, 0) is 6.54 Å². The van der Waals surface area contributed by atoms with Crippen molar-refractivity contribution in [1.82, 2.24) is 14.9 Å². The van der Waals surface area contributed by atoms with E-state index in [1.807, 2.05) is 31.2 Å². The zero-order valence-corrected chi connectivity index (χ0v) is 18.7. The molecule has 0 bridgehead atoms. The summed E-state index contributed by atoms with van der Waals surface area (Å²) in [6, 6.07) is 21.5. The number of rotatable bonds is 6. The molecule has 0 saturated carbocycles. The van der Waals surface area contributed by atoms with Gasteiger partial charge in [0, 0.05) is 23.7 Å². The molecule has 1 heterocycles. The molecular formula is C26H24N4O3. The number of aromatic nitrogens is 2. The third-order valence-electron chi connectivity index (χ3n) is 5.32. The van der Waals surface area contributed by atoms with Crippen LogP contribution in [0.15, 0.2) is 72.8 Å². The van der Waals surface area contributed by atoms with Gasteiger partial charge in [-0.1, -0.05) is 30.3 Å². The minimum Gasteiger partial charge on any atom is -0.497 e. The van der Waals surface area contributed by atoms with Crippen molar-refractivity contribution in [3.8, 4) is 5.75 Å². The predicted molar refractivity (Wildman–Crippen MR) is 127 cm³/mol. The summed E-state index contributed by atoms with van der Waals surface area (Å²) in [4.78, 5) is 36.6. The maximum Gasteiger partial charge on any atom is 0.256 e. The molecule has 7 nitrogen and oxygen atoms in total. The number of carbonyl (C=O) groups excluding carboxylic acids is 2. The minimum absolute atomic E-state index is 0.241. The van der Waals surface area contributed by atoms with Crippen molar-refractivity contribution in [3.05, 3.63) is 95.4 Å². The summed E-state index contributed by atoms with van der Waals surface area (Å²) in [5.74, 6) is 0.667. The lowest BCUT2D eigenvalue weighted by atomic mass is 10.1. The van der Waals surface area contributed by atoms with E-state index in [1.165, 1.54) is 0 Å². The van der Waals surface area contributed by atoms with Gasteiger partial charge >= 0.3 is 0 Å². The third-order valence-corrected chi connectivity index (χ3v) is 5.32. The van der Waals surface area contributed by atoms with E-state index < -0.39 is 0 Å². The molecule has 0 fully saturated rings. The molecule has 0 unspecified atom stereocenters. The second kappa shape index (κ2) is 9.48. The number of carbonyl (C=O) groups is 2. The quantitative estimate of drug-likeness (QED) is 0.478. The maximum absolute atomic E-state index is 13.2. The van der Waals surface area contributed by atoms with E-state index in [0.717, 1.165) is 16.6 Å². The second-order valence-corrected chi connectivity index (χ2v) is 7.63. The van der Waals surface area contributed by atoms with E-state index in [-0.39, 0.29) is 18.4 Å². The molecule has 0 aliphatic rings. The summed E-state index contributed by atoms with van der Waals surface area (Å²) < 4.78 is 5.13. The van der Waals surface area contributed by atoms with Crippen molar-refractivity contribution in [1.29, 1.82) is 0 Å². The Morgan fingerprint density at radius 3 is 2.39 bits per heavy atom. The summed E-state index contributed by atoms with van der Waals surface area (Å²) in [7, 11) is 3.26. The fourth-order valence-electron chi connectivity index (χ4n) is 3.57. The Morgan fingerprint density at radius 2 is 1.64 bits per heavy atom. The third kappa shape index (κ3) is 4.82. The fraction of sp³-hybridized carbons (Fsp3) is 0.154. The van der Waals surface area contributed by atoms with Crippen LogP contribution in [0.2, 0.25) is 0 Å². The summed E-state index contributed by atoms with van der Waals surface area (Å²) in [6.07, 6.45) is 0. The summed E-state index contributed by atoms with van der Waals surface area (Å²) in [5.41, 5.74) is 2.99. The lowest BCUT2D eigenvalue weighted by Crippen LogP contribution is -2.28. The Bertz CT molecular complexity index is 1320. The number of para-hydroxylation sites is 2. The zero-order valence-electron chi connectivity index (χ0n) is 18.7. The van der Waals surface area contributed by atoms with Crippen molar-refractivity contribution < 1.29 is 14.3 Å². The summed E-state index contributed by atoms with van der Waals surface area (Å²) in [6.45, 7) is 2.17. The average molecular weight is 441 g/mol. The number of aryl methyl sites for hydroxylation is 1. The van der Waals surface area contributed by atoms with E-state index in [4.69, 9.17) is 4.74 Å². The van der Waals surface area contributed by atoms with Crippen LogP contribution in [0.1, 0.15) is 32.2 Å². The Labute approximate surface area is 192 Å². The number of benzene rings is 3. The molecule has 0 radical (unpaired) electrons. The molecule has 0 spiro atoms. The number of nitrogens with one attached hydrogen (secondary N) is 1. The smallest absolute Gasteiger partial charge is 0.256 e. The number of ether oxygens (including phenoxy) is 1. The van der Waals surface area contributed by atoms with Crippen LogP contribution in [0.5, 0.6) is 5.75 Å². The van der Waals surface area contributed by atoms with Crippen molar-refractivity contribution >= 4 is 28.4 Å². The molecule has 166 valence electrons. The van der Waals surface area contributed by atoms with Crippen LogP contribution < -0.4 is 10.1 Å². The Hall–Kier alpha value is -4.26. The predicted octanol–water partition coefficient (Wildman–Crippen LogP) is 4.47. The molecule has 1 aromatic heterocycles. The van der Waals surface area contributed by atoms with Crippen LogP contribution in [0, 0.1) is 6.92 Å². The molecular weight excluding hydrogens is 416 g/mol. The van der Waals surface area contributed by atoms with Crippen LogP contribution in [0.25, 0.3) is 10.9 Å². The topological polar surface area (TPSA) is 84.4 Å². The number of methoxy groups -OCH3 is 1. The van der Waals surface area contributed by atoms with Gasteiger partial charge in [-0.25, -0.2) is 9.97 Å². The van der Waals surface area contributed by atoms with Gasteiger partial charge in [-0.05, 0) is 49.4 Å². The van der Waals surface area contributed by atoms with E-state index in [9.17, 15) is 9.59 Å². The standard InChI is InChI=1S/C26H24N4O3/c1-17-20-8-4-6-10-22(20)28-24(27-17)16-30(2)26(32)21-9-5-7-11-23(21)29-25(31)18-12-14-19(33-3)15-13-18/h4-15H,16H2,1-3H3,(H,29,31). The van der Waals surface area contributed by atoms with Gasteiger partial charge in [0.05, 0.1) is 30.4 Å². The Morgan fingerprint density at radius 1 is 0.939 bits per heavy atom. The molecule has 1 N–H and O–H groups in total. The SMILES string of the molecule is COc1ccc(C(=O)Nc2ccccc2C(=O)N(C)Cc2nc(C)c3ccccc3n2)cc1. The van der Waals surface area contributed by atoms with E-state index in [2.05, 4.69) is 15.3 Å². The summed E-state index contributed by atoms with van der Waals surface area (Å²) in [5, 5.41) is 3.83. The molecule has 4 rings (SSSR count). The Kier molecular flexibility index (Phi) is 6.31.